The summed E-state index contributed by atoms with van der Waals surface area (Å²) in [6, 6.07) is 15.0. The first-order valence-electron chi connectivity index (χ1n) is 10.8. The lowest BCUT2D eigenvalue weighted by Crippen LogP contribution is -2.42. The molecule has 1 aliphatic rings. The summed E-state index contributed by atoms with van der Waals surface area (Å²) in [7, 11) is 0. The van der Waals surface area contributed by atoms with Gasteiger partial charge in [-0.15, -0.1) is 0 Å². The lowest BCUT2D eigenvalue weighted by atomic mass is 10.1. The molecule has 2 heterocycles. The molecule has 7 nitrogen and oxygen atoms in total. The highest BCUT2D eigenvalue weighted by Crippen LogP contribution is 2.22. The molecule has 2 aromatic carbocycles. The fourth-order valence-corrected chi connectivity index (χ4v) is 4.12. The van der Waals surface area contributed by atoms with E-state index in [1.165, 1.54) is 12.1 Å². The molecule has 1 aliphatic heterocycles. The second-order valence-electron chi connectivity index (χ2n) is 8.09. The molecule has 0 atom stereocenters. The lowest BCUT2D eigenvalue weighted by molar-refractivity contribution is -0.121. The molecule has 1 fully saturated rings. The summed E-state index contributed by atoms with van der Waals surface area (Å²) < 4.78 is 15.1. The molecule has 33 heavy (non-hydrogen) atoms. The zero-order chi connectivity index (χ0) is 23.5. The molecule has 170 valence electrons. The van der Waals surface area contributed by atoms with Crippen molar-refractivity contribution in [1.29, 1.82) is 0 Å². The fraction of sp³-hybridized carbons (Fsp3) is 0.240. The van der Waals surface area contributed by atoms with Gasteiger partial charge in [-0.3, -0.25) is 25.2 Å². The Morgan fingerprint density at radius 1 is 0.970 bits per heavy atom. The summed E-state index contributed by atoms with van der Waals surface area (Å²) in [5.41, 5.74) is 9.15. The number of carbonyl (C=O) groups is 3. The van der Waals surface area contributed by atoms with Gasteiger partial charge in [-0.2, -0.15) is 0 Å². The van der Waals surface area contributed by atoms with E-state index in [0.29, 0.717) is 24.2 Å². The van der Waals surface area contributed by atoms with Crippen molar-refractivity contribution >= 4 is 23.4 Å². The molecule has 0 saturated carbocycles. The van der Waals surface area contributed by atoms with Crippen LogP contribution in [0.4, 0.5) is 10.1 Å². The number of anilines is 1. The number of hydrazine groups is 1. The van der Waals surface area contributed by atoms with Crippen molar-refractivity contribution in [2.75, 3.05) is 11.4 Å². The normalized spacial score (nSPS) is 13.3. The van der Waals surface area contributed by atoms with Crippen LogP contribution in [0.1, 0.15) is 40.2 Å². The average molecular weight is 448 g/mol. The zero-order valence-electron chi connectivity index (χ0n) is 18.5. The Bertz CT molecular complexity index is 1200. The molecule has 8 heteroatoms. The van der Waals surface area contributed by atoms with Crippen molar-refractivity contribution in [3.63, 3.8) is 0 Å². The maximum absolute atomic E-state index is 13.2. The van der Waals surface area contributed by atoms with E-state index < -0.39 is 5.91 Å². The van der Waals surface area contributed by atoms with Gasteiger partial charge in [0, 0.05) is 35.7 Å². The van der Waals surface area contributed by atoms with E-state index in [1.807, 2.05) is 23.6 Å². The SMILES string of the molecule is Cc1cc(C(=O)NNC(=O)Cc2ccc(N3CCCC3=O)cc2)c(C)n1-c1ccc(F)cc1. The molecule has 1 saturated heterocycles. The van der Waals surface area contributed by atoms with Crippen LogP contribution in [0.3, 0.4) is 0 Å². The van der Waals surface area contributed by atoms with Gasteiger partial charge in [0.1, 0.15) is 5.82 Å². The van der Waals surface area contributed by atoms with E-state index >= 15 is 0 Å². The highest BCUT2D eigenvalue weighted by molar-refractivity contribution is 5.97. The van der Waals surface area contributed by atoms with Crippen molar-refractivity contribution in [3.8, 4) is 5.69 Å². The number of aryl methyl sites for hydroxylation is 1. The molecular formula is C25H25FN4O3. The third kappa shape index (κ3) is 4.79. The third-order valence-corrected chi connectivity index (χ3v) is 5.76. The largest absolute Gasteiger partial charge is 0.318 e. The minimum absolute atomic E-state index is 0.0864. The van der Waals surface area contributed by atoms with E-state index in [9.17, 15) is 18.8 Å². The first kappa shape index (κ1) is 22.3. The first-order chi connectivity index (χ1) is 15.8. The van der Waals surface area contributed by atoms with Crippen molar-refractivity contribution < 1.29 is 18.8 Å². The van der Waals surface area contributed by atoms with E-state index in [-0.39, 0.29) is 24.1 Å². The molecule has 4 rings (SSSR count). The van der Waals surface area contributed by atoms with Crippen molar-refractivity contribution in [3.05, 3.63) is 82.9 Å². The first-order valence-corrected chi connectivity index (χ1v) is 10.8. The molecule has 1 aromatic heterocycles. The molecular weight excluding hydrogens is 423 g/mol. The maximum Gasteiger partial charge on any atom is 0.271 e. The van der Waals surface area contributed by atoms with E-state index in [1.54, 1.807) is 42.2 Å². The molecule has 0 radical (unpaired) electrons. The van der Waals surface area contributed by atoms with Crippen LogP contribution < -0.4 is 15.8 Å². The summed E-state index contributed by atoms with van der Waals surface area (Å²) in [5.74, 6) is -1.02. The average Bonchev–Trinajstić information content (AvgIpc) is 3.36. The fourth-order valence-electron chi connectivity index (χ4n) is 4.12. The Balaban J connectivity index is 1.36. The quantitative estimate of drug-likeness (QED) is 0.587. The monoisotopic (exact) mass is 448 g/mol. The molecule has 3 aromatic rings. The van der Waals surface area contributed by atoms with Gasteiger partial charge in [-0.05, 0) is 68.3 Å². The molecule has 2 N–H and O–H groups in total. The highest BCUT2D eigenvalue weighted by atomic mass is 19.1. The van der Waals surface area contributed by atoms with Crippen LogP contribution in [0, 0.1) is 19.7 Å². The number of amides is 3. The summed E-state index contributed by atoms with van der Waals surface area (Å²) in [6.45, 7) is 4.36. The summed E-state index contributed by atoms with van der Waals surface area (Å²) >= 11 is 0. The van der Waals surface area contributed by atoms with Crippen LogP contribution in [-0.2, 0) is 16.0 Å². The number of carbonyl (C=O) groups excluding carboxylic acids is 3. The van der Waals surface area contributed by atoms with Gasteiger partial charge >= 0.3 is 0 Å². The van der Waals surface area contributed by atoms with E-state index in [4.69, 9.17) is 0 Å². The van der Waals surface area contributed by atoms with Gasteiger partial charge < -0.3 is 9.47 Å². The summed E-state index contributed by atoms with van der Waals surface area (Å²) in [4.78, 5) is 38.6. The Morgan fingerprint density at radius 3 is 2.27 bits per heavy atom. The number of nitrogens with zero attached hydrogens (tertiary/aromatic N) is 2. The van der Waals surface area contributed by atoms with Gasteiger partial charge in [0.15, 0.2) is 0 Å². The van der Waals surface area contributed by atoms with Gasteiger partial charge in [0.2, 0.25) is 11.8 Å². The smallest absolute Gasteiger partial charge is 0.271 e. The predicted octanol–water partition coefficient (Wildman–Crippen LogP) is 3.36. The molecule has 0 bridgehead atoms. The van der Waals surface area contributed by atoms with Crippen LogP contribution in [-0.4, -0.2) is 28.8 Å². The maximum atomic E-state index is 13.2. The van der Waals surface area contributed by atoms with Crippen molar-refractivity contribution in [2.45, 2.75) is 33.1 Å². The second kappa shape index (κ2) is 9.28. The van der Waals surface area contributed by atoms with Gasteiger partial charge in [0.25, 0.3) is 5.91 Å². The zero-order valence-corrected chi connectivity index (χ0v) is 18.5. The predicted molar refractivity (Wildman–Crippen MR) is 123 cm³/mol. The number of aromatic nitrogens is 1. The number of hydrogen-bond acceptors (Lipinski definition) is 3. The topological polar surface area (TPSA) is 83.4 Å². The van der Waals surface area contributed by atoms with Crippen molar-refractivity contribution in [2.24, 2.45) is 0 Å². The minimum atomic E-state index is -0.437. The van der Waals surface area contributed by atoms with E-state index in [0.717, 1.165) is 29.1 Å². The van der Waals surface area contributed by atoms with E-state index in [2.05, 4.69) is 10.9 Å². The van der Waals surface area contributed by atoms with Crippen LogP contribution >= 0.6 is 0 Å². The highest BCUT2D eigenvalue weighted by Gasteiger charge is 2.21. The third-order valence-electron chi connectivity index (χ3n) is 5.76. The van der Waals surface area contributed by atoms with Gasteiger partial charge in [-0.1, -0.05) is 12.1 Å². The Morgan fingerprint density at radius 2 is 1.64 bits per heavy atom. The van der Waals surface area contributed by atoms with Gasteiger partial charge in [0.05, 0.1) is 12.0 Å². The summed E-state index contributed by atoms with van der Waals surface area (Å²) in [5, 5.41) is 0. The summed E-state index contributed by atoms with van der Waals surface area (Å²) in [6.07, 6.45) is 1.51. The lowest BCUT2D eigenvalue weighted by Gasteiger charge is -2.16. The molecule has 0 spiro atoms. The molecule has 0 unspecified atom stereocenters. The van der Waals surface area contributed by atoms with Gasteiger partial charge in [-0.25, -0.2) is 4.39 Å². The standard InChI is InChI=1S/C25H25FN4O3/c1-16-14-22(17(2)30(16)21-11-7-19(26)8-12-21)25(33)28-27-23(31)15-18-5-9-20(10-6-18)29-13-3-4-24(29)32/h5-12,14H,3-4,13,15H2,1-2H3,(H,27,31)(H,28,33). The number of hydrogen-bond donors (Lipinski definition) is 2. The number of halogens is 1. The number of benzene rings is 2. The van der Waals surface area contributed by atoms with Crippen LogP contribution in [0.25, 0.3) is 5.69 Å². The Labute approximate surface area is 191 Å². The number of nitrogens with one attached hydrogen (secondary N) is 2. The Hall–Kier alpha value is -3.94. The van der Waals surface area contributed by atoms with Crippen LogP contribution in [0.2, 0.25) is 0 Å². The Kier molecular flexibility index (Phi) is 6.26. The van der Waals surface area contributed by atoms with Crippen LogP contribution in [0.15, 0.2) is 54.6 Å². The molecule has 3 amide bonds. The second-order valence-corrected chi connectivity index (χ2v) is 8.09. The van der Waals surface area contributed by atoms with Crippen molar-refractivity contribution in [1.82, 2.24) is 15.4 Å². The number of rotatable bonds is 5. The molecule has 0 aliphatic carbocycles. The minimum Gasteiger partial charge on any atom is -0.318 e. The van der Waals surface area contributed by atoms with Crippen LogP contribution in [0.5, 0.6) is 0 Å².